The van der Waals surface area contributed by atoms with E-state index in [9.17, 15) is 4.79 Å². The van der Waals surface area contributed by atoms with Crippen molar-refractivity contribution < 1.29 is 27.8 Å². The number of aromatic nitrogens is 5. The summed E-state index contributed by atoms with van der Waals surface area (Å²) in [4.78, 5) is 14.9. The molecule has 0 saturated carbocycles. The number of fused-ring (bicyclic) bond motifs is 3. The predicted octanol–water partition coefficient (Wildman–Crippen LogP) is 4.04. The van der Waals surface area contributed by atoms with E-state index in [1.54, 1.807) is 44.2 Å². The fourth-order valence-electron chi connectivity index (χ4n) is 4.53. The molecule has 0 N–H and O–H groups in total. The van der Waals surface area contributed by atoms with Gasteiger partial charge in [-0.25, -0.2) is 9.18 Å². The van der Waals surface area contributed by atoms with Crippen molar-refractivity contribution in [2.75, 3.05) is 18.1 Å². The van der Waals surface area contributed by atoms with Gasteiger partial charge in [0.1, 0.15) is 23.5 Å². The molecule has 2 aliphatic rings. The first-order valence-corrected chi connectivity index (χ1v) is 11.4. The molecule has 12 heteroatoms. The van der Waals surface area contributed by atoms with Gasteiger partial charge in [0.15, 0.2) is 17.2 Å². The third-order valence-corrected chi connectivity index (χ3v) is 6.00. The highest BCUT2D eigenvalue weighted by molar-refractivity contribution is 5.91. The highest BCUT2D eigenvalue weighted by Gasteiger charge is 2.37. The van der Waals surface area contributed by atoms with Crippen molar-refractivity contribution in [3.63, 3.8) is 0 Å². The Balaban J connectivity index is 1.60. The second kappa shape index (κ2) is 7.90. The Kier molecular flexibility index (Phi) is 4.88. The summed E-state index contributed by atoms with van der Waals surface area (Å²) in [6.45, 7) is 7.37. The summed E-state index contributed by atoms with van der Waals surface area (Å²) in [5.74, 6) is 1.11. The molecule has 3 aromatic heterocycles. The summed E-state index contributed by atoms with van der Waals surface area (Å²) in [6.07, 6.45) is 0.762. The zero-order valence-electron chi connectivity index (χ0n) is 20.1. The number of carbonyl (C=O) groups is 1. The number of hydrogen-bond acceptors (Lipinski definition) is 9. The van der Waals surface area contributed by atoms with E-state index in [4.69, 9.17) is 18.6 Å². The van der Waals surface area contributed by atoms with Gasteiger partial charge in [0, 0.05) is 24.1 Å². The van der Waals surface area contributed by atoms with Gasteiger partial charge in [-0.05, 0) is 32.9 Å². The summed E-state index contributed by atoms with van der Waals surface area (Å²) >= 11 is 0. The fourth-order valence-corrected chi connectivity index (χ4v) is 4.53. The van der Waals surface area contributed by atoms with Crippen LogP contribution in [-0.2, 0) is 11.3 Å². The van der Waals surface area contributed by atoms with E-state index in [1.807, 2.05) is 0 Å². The maximum Gasteiger partial charge on any atom is 0.416 e. The number of nitrogens with zero attached hydrogens (tertiary/aromatic N) is 6. The van der Waals surface area contributed by atoms with Crippen LogP contribution in [0.1, 0.15) is 43.7 Å². The van der Waals surface area contributed by atoms with Gasteiger partial charge in [-0.15, -0.1) is 20.4 Å². The Morgan fingerprint density at radius 1 is 1.14 bits per heavy atom. The molecule has 186 valence electrons. The summed E-state index contributed by atoms with van der Waals surface area (Å²) in [6, 6.07) is 4.62. The zero-order chi connectivity index (χ0) is 25.2. The van der Waals surface area contributed by atoms with Crippen molar-refractivity contribution in [1.82, 2.24) is 24.8 Å². The lowest BCUT2D eigenvalue weighted by Crippen LogP contribution is -2.38. The number of benzene rings is 1. The predicted molar refractivity (Wildman–Crippen MR) is 124 cm³/mol. The van der Waals surface area contributed by atoms with Gasteiger partial charge < -0.3 is 18.6 Å². The van der Waals surface area contributed by atoms with Gasteiger partial charge in [0.05, 0.1) is 31.2 Å². The molecular weight excluding hydrogens is 471 g/mol. The van der Waals surface area contributed by atoms with Gasteiger partial charge in [0.25, 0.3) is 5.89 Å². The first-order chi connectivity index (χ1) is 17.2. The van der Waals surface area contributed by atoms with E-state index in [2.05, 4.69) is 20.4 Å². The number of anilines is 1. The van der Waals surface area contributed by atoms with E-state index in [0.29, 0.717) is 52.2 Å². The summed E-state index contributed by atoms with van der Waals surface area (Å²) in [5, 5.41) is 16.3. The van der Waals surface area contributed by atoms with Crippen molar-refractivity contribution in [1.29, 1.82) is 0 Å². The maximum atomic E-state index is 15.3. The first kappa shape index (κ1) is 22.3. The first-order valence-electron chi connectivity index (χ1n) is 11.4. The maximum absolute atomic E-state index is 15.3. The van der Waals surface area contributed by atoms with Crippen LogP contribution in [0.25, 0.3) is 17.1 Å². The standard InChI is InChI=1S/C24H23FN6O5/c1-12-27-29-21(35-12)14-7-18-22(31-11-26-28-20(14)31)30(23(32)36-24(2,3)4)8-15-16(25)5-6-17-19(15)13(9-33-17)10-34-18/h5-7,11,13H,8-10H2,1-4H3/t13-/m1/s1. The highest BCUT2D eigenvalue weighted by atomic mass is 19.1. The second-order valence-electron chi connectivity index (χ2n) is 9.72. The lowest BCUT2D eigenvalue weighted by Gasteiger charge is -2.29. The van der Waals surface area contributed by atoms with Crippen LogP contribution in [0.2, 0.25) is 0 Å². The van der Waals surface area contributed by atoms with Crippen LogP contribution in [0.3, 0.4) is 0 Å². The van der Waals surface area contributed by atoms with E-state index >= 15 is 4.39 Å². The molecule has 1 amide bonds. The van der Waals surface area contributed by atoms with Crippen LogP contribution in [-0.4, -0.2) is 49.7 Å². The van der Waals surface area contributed by atoms with Gasteiger partial charge in [-0.1, -0.05) is 0 Å². The largest absolute Gasteiger partial charge is 0.493 e. The molecule has 0 saturated heterocycles. The molecule has 5 heterocycles. The van der Waals surface area contributed by atoms with Crippen LogP contribution in [0.4, 0.5) is 15.0 Å². The molecule has 4 aromatic rings. The zero-order valence-corrected chi connectivity index (χ0v) is 20.1. The summed E-state index contributed by atoms with van der Waals surface area (Å²) in [7, 11) is 0. The molecule has 11 nitrogen and oxygen atoms in total. The molecule has 0 spiro atoms. The van der Waals surface area contributed by atoms with E-state index in [-0.39, 0.29) is 25.0 Å². The SMILES string of the molecule is Cc1nnc(-c2cc3c(n4cnnc24)N(C(=O)OC(C)(C)C)Cc2c(F)ccc4c2[C@H](CO4)CO3)o1. The van der Waals surface area contributed by atoms with E-state index < -0.39 is 17.5 Å². The lowest BCUT2D eigenvalue weighted by molar-refractivity contribution is 0.0574. The molecule has 0 bridgehead atoms. The second-order valence-corrected chi connectivity index (χ2v) is 9.72. The van der Waals surface area contributed by atoms with Crippen molar-refractivity contribution in [2.24, 2.45) is 0 Å². The van der Waals surface area contributed by atoms with Gasteiger partial charge in [-0.3, -0.25) is 9.30 Å². The van der Waals surface area contributed by atoms with Crippen molar-refractivity contribution >= 4 is 17.6 Å². The van der Waals surface area contributed by atoms with Crippen molar-refractivity contribution in [3.8, 4) is 23.0 Å². The number of aryl methyl sites for hydroxylation is 1. The van der Waals surface area contributed by atoms with Crippen molar-refractivity contribution in [3.05, 3.63) is 47.4 Å². The average molecular weight is 494 g/mol. The minimum absolute atomic E-state index is 0.119. The third-order valence-electron chi connectivity index (χ3n) is 6.00. The van der Waals surface area contributed by atoms with Crippen LogP contribution >= 0.6 is 0 Å². The Bertz CT molecular complexity index is 1510. The minimum Gasteiger partial charge on any atom is -0.493 e. The lowest BCUT2D eigenvalue weighted by atomic mass is 9.95. The van der Waals surface area contributed by atoms with E-state index in [1.165, 1.54) is 17.3 Å². The number of rotatable bonds is 1. The highest BCUT2D eigenvalue weighted by Crippen LogP contribution is 2.43. The molecule has 0 unspecified atom stereocenters. The average Bonchev–Trinajstić information content (AvgIpc) is 3.55. The Labute approximate surface area is 204 Å². The number of amides is 1. The van der Waals surface area contributed by atoms with Gasteiger partial charge in [0.2, 0.25) is 5.89 Å². The van der Waals surface area contributed by atoms with Crippen LogP contribution < -0.4 is 14.4 Å². The molecule has 0 aliphatic carbocycles. The van der Waals surface area contributed by atoms with Crippen molar-refractivity contribution in [2.45, 2.75) is 45.8 Å². The number of pyridine rings is 1. The molecule has 1 aromatic carbocycles. The summed E-state index contributed by atoms with van der Waals surface area (Å²) < 4.78 is 40.3. The number of carbonyl (C=O) groups excluding carboxylic acids is 1. The monoisotopic (exact) mass is 494 g/mol. The Morgan fingerprint density at radius 2 is 1.92 bits per heavy atom. The molecule has 36 heavy (non-hydrogen) atoms. The number of hydrogen-bond donors (Lipinski definition) is 0. The third kappa shape index (κ3) is 3.60. The van der Waals surface area contributed by atoms with E-state index in [0.717, 1.165) is 0 Å². The number of halogens is 1. The van der Waals surface area contributed by atoms with Gasteiger partial charge in [-0.2, -0.15) is 0 Å². The molecule has 0 fully saturated rings. The normalized spacial score (nSPS) is 16.9. The Hall–Kier alpha value is -4.22. The molecule has 2 aliphatic heterocycles. The molecular formula is C24H23FN6O5. The smallest absolute Gasteiger partial charge is 0.416 e. The number of ether oxygens (including phenoxy) is 3. The molecule has 0 radical (unpaired) electrons. The fraction of sp³-hybridized carbons (Fsp3) is 0.375. The molecule has 1 atom stereocenters. The van der Waals surface area contributed by atoms with Crippen LogP contribution in [0.5, 0.6) is 11.5 Å². The quantitative estimate of drug-likeness (QED) is 0.386. The van der Waals surface area contributed by atoms with Gasteiger partial charge >= 0.3 is 6.09 Å². The molecule has 6 rings (SSSR count). The Morgan fingerprint density at radius 3 is 2.64 bits per heavy atom. The topological polar surface area (TPSA) is 117 Å². The van der Waals surface area contributed by atoms with Crippen LogP contribution in [0, 0.1) is 12.7 Å². The van der Waals surface area contributed by atoms with Crippen LogP contribution in [0.15, 0.2) is 28.9 Å². The summed E-state index contributed by atoms with van der Waals surface area (Å²) in [5.41, 5.74) is 1.06. The minimum atomic E-state index is -0.799.